The molecule has 0 saturated carbocycles. The van der Waals surface area contributed by atoms with E-state index < -0.39 is 5.67 Å². The Morgan fingerprint density at radius 2 is 2.38 bits per heavy atom. The Balaban J connectivity index is 1.99. The zero-order valence-electron chi connectivity index (χ0n) is 9.91. The van der Waals surface area contributed by atoms with Gasteiger partial charge in [0, 0.05) is 19.3 Å². The Kier molecular flexibility index (Phi) is 3.19. The van der Waals surface area contributed by atoms with E-state index in [0.29, 0.717) is 13.0 Å². The van der Waals surface area contributed by atoms with Crippen LogP contribution in [0.15, 0.2) is 12.3 Å². The van der Waals surface area contributed by atoms with E-state index in [1.165, 1.54) is 0 Å². The van der Waals surface area contributed by atoms with Gasteiger partial charge in [0.2, 0.25) is 0 Å². The molecule has 0 bridgehead atoms. The fraction of sp³-hybridized carbons (Fsp3) is 0.667. The average molecular weight is 223 g/mol. The molecule has 1 saturated heterocycles. The van der Waals surface area contributed by atoms with E-state index in [1.807, 2.05) is 13.0 Å². The van der Waals surface area contributed by atoms with Gasteiger partial charge in [-0.05, 0) is 39.3 Å². The lowest BCUT2D eigenvalue weighted by Gasteiger charge is -2.34. The molecule has 1 atom stereocenters. The third-order valence-electron chi connectivity index (χ3n) is 2.94. The molecular formula is C12H18FN3. The van der Waals surface area contributed by atoms with Gasteiger partial charge in [0.15, 0.2) is 0 Å². The summed E-state index contributed by atoms with van der Waals surface area (Å²) < 4.78 is 13.8. The highest BCUT2D eigenvalue weighted by Crippen LogP contribution is 2.25. The highest BCUT2D eigenvalue weighted by atomic mass is 19.1. The molecule has 1 aromatic heterocycles. The molecular weight excluding hydrogens is 205 g/mol. The molecule has 2 rings (SSSR count). The van der Waals surface area contributed by atoms with Crippen molar-refractivity contribution < 1.29 is 4.39 Å². The van der Waals surface area contributed by atoms with Crippen LogP contribution >= 0.6 is 0 Å². The second-order valence-corrected chi connectivity index (χ2v) is 4.82. The van der Waals surface area contributed by atoms with Crippen molar-refractivity contribution in [1.29, 1.82) is 0 Å². The second-order valence-electron chi connectivity index (χ2n) is 4.82. The van der Waals surface area contributed by atoms with Crippen LogP contribution in [0.25, 0.3) is 0 Å². The summed E-state index contributed by atoms with van der Waals surface area (Å²) in [6.07, 6.45) is 3.36. The zero-order valence-corrected chi connectivity index (χ0v) is 9.91. The molecule has 0 radical (unpaired) electrons. The van der Waals surface area contributed by atoms with Crippen molar-refractivity contribution in [2.24, 2.45) is 0 Å². The van der Waals surface area contributed by atoms with Gasteiger partial charge in [0.1, 0.15) is 11.5 Å². The Morgan fingerprint density at radius 1 is 1.56 bits per heavy atom. The lowest BCUT2D eigenvalue weighted by atomic mass is 9.97. The normalized spacial score (nSPS) is 26.9. The van der Waals surface area contributed by atoms with Gasteiger partial charge in [-0.2, -0.15) is 0 Å². The van der Waals surface area contributed by atoms with E-state index in [-0.39, 0.29) is 0 Å². The van der Waals surface area contributed by atoms with Crippen LogP contribution in [0.2, 0.25) is 0 Å². The molecule has 1 aromatic rings. The van der Waals surface area contributed by atoms with Gasteiger partial charge in [-0.1, -0.05) is 0 Å². The number of rotatable bonds is 2. The van der Waals surface area contributed by atoms with Crippen LogP contribution < -0.4 is 0 Å². The summed E-state index contributed by atoms with van der Waals surface area (Å²) in [5, 5.41) is 0. The molecule has 1 fully saturated rings. The number of aryl methyl sites for hydroxylation is 1. The predicted octanol–water partition coefficient (Wildman–Crippen LogP) is 2.11. The van der Waals surface area contributed by atoms with Gasteiger partial charge in [0.25, 0.3) is 0 Å². The van der Waals surface area contributed by atoms with Crippen LogP contribution in [0.3, 0.4) is 0 Å². The Hall–Kier alpha value is -1.03. The maximum Gasteiger partial charge on any atom is 0.125 e. The first-order valence-corrected chi connectivity index (χ1v) is 5.75. The lowest BCUT2D eigenvalue weighted by molar-refractivity contribution is 0.0556. The van der Waals surface area contributed by atoms with E-state index in [0.717, 1.165) is 31.0 Å². The molecule has 4 heteroatoms. The quantitative estimate of drug-likeness (QED) is 0.769. The van der Waals surface area contributed by atoms with Gasteiger partial charge in [-0.25, -0.2) is 14.4 Å². The molecule has 0 N–H and O–H groups in total. The van der Waals surface area contributed by atoms with Crippen molar-refractivity contribution in [1.82, 2.24) is 14.9 Å². The van der Waals surface area contributed by atoms with E-state index in [9.17, 15) is 4.39 Å². The third-order valence-corrected chi connectivity index (χ3v) is 2.94. The zero-order chi connectivity index (χ0) is 11.6. The van der Waals surface area contributed by atoms with Crippen molar-refractivity contribution in [2.75, 3.05) is 13.1 Å². The van der Waals surface area contributed by atoms with Gasteiger partial charge in [-0.3, -0.25) is 4.90 Å². The van der Waals surface area contributed by atoms with Gasteiger partial charge >= 0.3 is 0 Å². The summed E-state index contributed by atoms with van der Waals surface area (Å²) in [5.41, 5.74) is -0.0643. The van der Waals surface area contributed by atoms with E-state index >= 15 is 0 Å². The Morgan fingerprint density at radius 3 is 3.06 bits per heavy atom. The first-order valence-electron chi connectivity index (χ1n) is 5.75. The summed E-state index contributed by atoms with van der Waals surface area (Å²) in [7, 11) is 0. The maximum absolute atomic E-state index is 13.8. The van der Waals surface area contributed by atoms with E-state index in [4.69, 9.17) is 0 Å². The molecule has 1 aliphatic heterocycles. The van der Waals surface area contributed by atoms with Crippen molar-refractivity contribution in [3.05, 3.63) is 23.8 Å². The number of hydrogen-bond acceptors (Lipinski definition) is 3. The lowest BCUT2D eigenvalue weighted by Crippen LogP contribution is -2.42. The van der Waals surface area contributed by atoms with E-state index in [1.54, 1.807) is 13.1 Å². The van der Waals surface area contributed by atoms with Crippen LogP contribution in [0.5, 0.6) is 0 Å². The Bertz CT molecular complexity index is 365. The SMILES string of the molecule is Cc1nccc(CN2CCC[C@](C)(F)C2)n1. The topological polar surface area (TPSA) is 29.0 Å². The van der Waals surface area contributed by atoms with Crippen LogP contribution in [0.4, 0.5) is 4.39 Å². The minimum atomic E-state index is -1.04. The molecule has 0 aliphatic carbocycles. The fourth-order valence-electron chi connectivity index (χ4n) is 2.25. The molecule has 16 heavy (non-hydrogen) atoms. The van der Waals surface area contributed by atoms with Crippen LogP contribution in [0, 0.1) is 6.92 Å². The molecule has 3 nitrogen and oxygen atoms in total. The maximum atomic E-state index is 13.8. The van der Waals surface area contributed by atoms with Gasteiger partial charge in [-0.15, -0.1) is 0 Å². The number of aromatic nitrogens is 2. The molecule has 0 spiro atoms. The number of likely N-dealkylation sites (tertiary alicyclic amines) is 1. The van der Waals surface area contributed by atoms with Crippen molar-refractivity contribution >= 4 is 0 Å². The summed E-state index contributed by atoms with van der Waals surface area (Å²) in [4.78, 5) is 10.5. The largest absolute Gasteiger partial charge is 0.294 e. The summed E-state index contributed by atoms with van der Waals surface area (Å²) in [6.45, 7) is 5.75. The van der Waals surface area contributed by atoms with Crippen molar-refractivity contribution in [3.8, 4) is 0 Å². The number of nitrogens with zero attached hydrogens (tertiary/aromatic N) is 3. The number of piperidine rings is 1. The van der Waals surface area contributed by atoms with Crippen molar-refractivity contribution in [3.63, 3.8) is 0 Å². The molecule has 2 heterocycles. The van der Waals surface area contributed by atoms with Gasteiger partial charge < -0.3 is 0 Å². The number of halogens is 1. The predicted molar refractivity (Wildman–Crippen MR) is 60.8 cm³/mol. The van der Waals surface area contributed by atoms with Crippen LogP contribution in [-0.4, -0.2) is 33.6 Å². The van der Waals surface area contributed by atoms with E-state index in [2.05, 4.69) is 14.9 Å². The van der Waals surface area contributed by atoms with Gasteiger partial charge in [0.05, 0.1) is 5.69 Å². The summed E-state index contributed by atoms with van der Waals surface area (Å²) in [5.74, 6) is 0.775. The highest BCUT2D eigenvalue weighted by Gasteiger charge is 2.30. The first kappa shape index (κ1) is 11.5. The number of hydrogen-bond donors (Lipinski definition) is 0. The molecule has 1 aliphatic rings. The summed E-state index contributed by atoms with van der Waals surface area (Å²) in [6, 6.07) is 1.90. The smallest absolute Gasteiger partial charge is 0.125 e. The molecule has 0 aromatic carbocycles. The molecule has 0 unspecified atom stereocenters. The third kappa shape index (κ3) is 2.98. The molecule has 88 valence electrons. The fourth-order valence-corrected chi connectivity index (χ4v) is 2.25. The highest BCUT2D eigenvalue weighted by molar-refractivity contribution is 5.02. The monoisotopic (exact) mass is 223 g/mol. The van der Waals surface area contributed by atoms with Crippen molar-refractivity contribution in [2.45, 2.75) is 38.9 Å². The second kappa shape index (κ2) is 4.45. The standard InChI is InChI=1S/C12H18FN3/c1-10-14-6-4-11(15-10)8-16-7-3-5-12(2,13)9-16/h4,6H,3,5,7-9H2,1-2H3/t12-/m0/s1. The van der Waals surface area contributed by atoms with Crippen LogP contribution in [0.1, 0.15) is 31.3 Å². The minimum Gasteiger partial charge on any atom is -0.294 e. The first-order chi connectivity index (χ1) is 7.55. The number of alkyl halides is 1. The van der Waals surface area contributed by atoms with Crippen LogP contribution in [-0.2, 0) is 6.54 Å². The average Bonchev–Trinajstić information content (AvgIpc) is 2.15. The Labute approximate surface area is 95.7 Å². The summed E-state index contributed by atoms with van der Waals surface area (Å²) >= 11 is 0. The minimum absolute atomic E-state index is 0.510. The molecule has 0 amide bonds.